The maximum atomic E-state index is 12.7. The van der Waals surface area contributed by atoms with Crippen LogP contribution < -0.4 is 10.1 Å². The third-order valence-corrected chi connectivity index (χ3v) is 5.45. The van der Waals surface area contributed by atoms with Crippen molar-refractivity contribution in [1.29, 1.82) is 0 Å². The van der Waals surface area contributed by atoms with Gasteiger partial charge in [0, 0.05) is 45.0 Å². The van der Waals surface area contributed by atoms with E-state index in [2.05, 4.69) is 20.2 Å². The number of nitrogens with zero attached hydrogens (tertiary/aromatic N) is 4. The average molecular weight is 426 g/mol. The summed E-state index contributed by atoms with van der Waals surface area (Å²) < 4.78 is 7.64. The van der Waals surface area contributed by atoms with Gasteiger partial charge in [-0.05, 0) is 23.8 Å². The number of halogens is 1. The molecule has 30 heavy (non-hydrogen) atoms. The Morgan fingerprint density at radius 2 is 2.00 bits per heavy atom. The molecule has 0 fully saturated rings. The fourth-order valence-electron chi connectivity index (χ4n) is 3.53. The molecule has 1 aromatic carbocycles. The van der Waals surface area contributed by atoms with Gasteiger partial charge in [-0.1, -0.05) is 29.8 Å². The first-order valence-electron chi connectivity index (χ1n) is 10.0. The van der Waals surface area contributed by atoms with E-state index >= 15 is 0 Å². The molecule has 0 bridgehead atoms. The Hall–Kier alpha value is -2.90. The molecule has 3 aromatic rings. The van der Waals surface area contributed by atoms with Gasteiger partial charge in [-0.3, -0.25) is 14.7 Å². The van der Waals surface area contributed by atoms with Crippen molar-refractivity contribution in [2.75, 3.05) is 26.2 Å². The van der Waals surface area contributed by atoms with Crippen LogP contribution in [0, 0.1) is 0 Å². The highest BCUT2D eigenvalue weighted by molar-refractivity contribution is 6.31. The molecule has 156 valence electrons. The number of benzene rings is 1. The lowest BCUT2D eigenvalue weighted by atomic mass is 10.2. The maximum absolute atomic E-state index is 12.7. The van der Waals surface area contributed by atoms with Crippen molar-refractivity contribution in [2.24, 2.45) is 0 Å². The summed E-state index contributed by atoms with van der Waals surface area (Å²) >= 11 is 6.25. The van der Waals surface area contributed by atoms with Crippen LogP contribution in [0.15, 0.2) is 55.0 Å². The van der Waals surface area contributed by atoms with Gasteiger partial charge in [0.1, 0.15) is 23.9 Å². The summed E-state index contributed by atoms with van der Waals surface area (Å²) in [6.07, 6.45) is 5.88. The number of aromatic nitrogens is 3. The second kappa shape index (κ2) is 9.73. The van der Waals surface area contributed by atoms with Crippen LogP contribution in [0.1, 0.15) is 21.9 Å². The average Bonchev–Trinajstić information content (AvgIpc) is 3.08. The highest BCUT2D eigenvalue weighted by atomic mass is 35.5. The summed E-state index contributed by atoms with van der Waals surface area (Å²) in [7, 11) is 0. The van der Waals surface area contributed by atoms with E-state index < -0.39 is 0 Å². The molecule has 1 N–H and O–H groups in total. The minimum atomic E-state index is -0.129. The monoisotopic (exact) mass is 425 g/mol. The zero-order valence-corrected chi connectivity index (χ0v) is 17.4. The number of amides is 1. The number of pyridine rings is 1. The molecule has 7 nitrogen and oxygen atoms in total. The van der Waals surface area contributed by atoms with Crippen molar-refractivity contribution in [2.45, 2.75) is 19.5 Å². The predicted molar refractivity (Wildman–Crippen MR) is 115 cm³/mol. The lowest BCUT2D eigenvalue weighted by molar-refractivity contribution is 0.0937. The van der Waals surface area contributed by atoms with E-state index in [1.54, 1.807) is 18.6 Å². The second-order valence-corrected chi connectivity index (χ2v) is 7.53. The van der Waals surface area contributed by atoms with Crippen molar-refractivity contribution in [3.63, 3.8) is 0 Å². The molecule has 0 radical (unpaired) electrons. The molecule has 3 heterocycles. The van der Waals surface area contributed by atoms with Crippen LogP contribution in [-0.4, -0.2) is 51.6 Å². The van der Waals surface area contributed by atoms with Gasteiger partial charge in [-0.25, -0.2) is 4.98 Å². The molecule has 1 aliphatic rings. The van der Waals surface area contributed by atoms with E-state index in [1.165, 1.54) is 0 Å². The first-order valence-corrected chi connectivity index (χ1v) is 10.4. The normalized spacial score (nSPS) is 14.0. The molecule has 4 rings (SSSR count). The van der Waals surface area contributed by atoms with Crippen LogP contribution >= 0.6 is 11.6 Å². The molecule has 0 saturated carbocycles. The number of para-hydroxylation sites is 1. The number of carbonyl (C=O) groups excluding carboxylic acids is 1. The van der Waals surface area contributed by atoms with Crippen LogP contribution in [0.3, 0.4) is 0 Å². The quantitative estimate of drug-likeness (QED) is 0.589. The zero-order valence-electron chi connectivity index (χ0n) is 16.6. The summed E-state index contributed by atoms with van der Waals surface area (Å²) in [5.74, 6) is 1.60. The summed E-state index contributed by atoms with van der Waals surface area (Å²) in [4.78, 5) is 23.5. The van der Waals surface area contributed by atoms with Gasteiger partial charge >= 0.3 is 0 Å². The molecule has 0 spiro atoms. The number of fused-ring (bicyclic) bond motifs is 1. The Labute approximate surface area is 180 Å². The molecule has 0 atom stereocenters. The zero-order chi connectivity index (χ0) is 20.8. The van der Waals surface area contributed by atoms with Gasteiger partial charge in [0.25, 0.3) is 5.91 Å². The summed E-state index contributed by atoms with van der Waals surface area (Å²) in [5.41, 5.74) is 1.65. The van der Waals surface area contributed by atoms with Gasteiger partial charge in [0.15, 0.2) is 0 Å². The van der Waals surface area contributed by atoms with E-state index in [-0.39, 0.29) is 5.91 Å². The van der Waals surface area contributed by atoms with Crippen LogP contribution in [0.2, 0.25) is 5.02 Å². The highest BCUT2D eigenvalue weighted by Crippen LogP contribution is 2.18. The number of carbonyl (C=O) groups is 1. The molecule has 8 heteroatoms. The van der Waals surface area contributed by atoms with Crippen molar-refractivity contribution < 1.29 is 9.53 Å². The van der Waals surface area contributed by atoms with Gasteiger partial charge in [0.2, 0.25) is 0 Å². The second-order valence-electron chi connectivity index (χ2n) is 7.12. The summed E-state index contributed by atoms with van der Waals surface area (Å²) in [6.45, 7) is 3.99. The number of rotatable bonds is 7. The molecule has 0 unspecified atom stereocenters. The van der Waals surface area contributed by atoms with Crippen LogP contribution in [0.5, 0.6) is 5.75 Å². The number of hydrogen-bond acceptors (Lipinski definition) is 5. The molecule has 1 aliphatic heterocycles. The third kappa shape index (κ3) is 4.98. The van der Waals surface area contributed by atoms with Crippen LogP contribution in [-0.2, 0) is 19.5 Å². The maximum Gasteiger partial charge on any atom is 0.269 e. The fourth-order valence-corrected chi connectivity index (χ4v) is 3.71. The minimum absolute atomic E-state index is 0.129. The summed E-state index contributed by atoms with van der Waals surface area (Å²) in [6, 6.07) is 11.5. The van der Waals surface area contributed by atoms with E-state index in [9.17, 15) is 4.79 Å². The molecule has 0 aliphatic carbocycles. The van der Waals surface area contributed by atoms with E-state index in [1.807, 2.05) is 41.0 Å². The largest absolute Gasteiger partial charge is 0.492 e. The van der Waals surface area contributed by atoms with E-state index in [4.69, 9.17) is 16.3 Å². The molecule has 2 aromatic heterocycles. The first-order chi connectivity index (χ1) is 14.7. The van der Waals surface area contributed by atoms with Crippen molar-refractivity contribution in [3.8, 4) is 5.75 Å². The lowest BCUT2D eigenvalue weighted by Gasteiger charge is -2.20. The number of ether oxygens (including phenoxy) is 1. The Bertz CT molecular complexity index is 992. The highest BCUT2D eigenvalue weighted by Gasteiger charge is 2.21. The van der Waals surface area contributed by atoms with Crippen molar-refractivity contribution in [1.82, 2.24) is 24.8 Å². The van der Waals surface area contributed by atoms with Crippen molar-refractivity contribution >= 4 is 17.5 Å². The van der Waals surface area contributed by atoms with E-state index in [0.29, 0.717) is 30.4 Å². The molecule has 0 saturated heterocycles. The van der Waals surface area contributed by atoms with E-state index in [0.717, 1.165) is 43.2 Å². The van der Waals surface area contributed by atoms with Gasteiger partial charge in [-0.15, -0.1) is 0 Å². The van der Waals surface area contributed by atoms with Gasteiger partial charge in [-0.2, -0.15) is 0 Å². The van der Waals surface area contributed by atoms with Crippen LogP contribution in [0.4, 0.5) is 0 Å². The van der Waals surface area contributed by atoms with Gasteiger partial charge in [0.05, 0.1) is 17.8 Å². The minimum Gasteiger partial charge on any atom is -0.492 e. The Morgan fingerprint density at radius 1 is 1.13 bits per heavy atom. The van der Waals surface area contributed by atoms with Crippen molar-refractivity contribution in [3.05, 3.63) is 77.1 Å². The molecular formula is C22H24ClN5O2. The third-order valence-electron chi connectivity index (χ3n) is 5.11. The first kappa shape index (κ1) is 20.4. The lowest BCUT2D eigenvalue weighted by Crippen LogP contribution is -2.31. The molecular weight excluding hydrogens is 402 g/mol. The Morgan fingerprint density at radius 3 is 2.83 bits per heavy atom. The summed E-state index contributed by atoms with van der Waals surface area (Å²) in [5, 5.41) is 3.60. The Balaban J connectivity index is 1.31. The number of nitrogens with one attached hydrogen (secondary N) is 1. The molecule has 1 amide bonds. The number of hydrogen-bond donors (Lipinski definition) is 1. The Kier molecular flexibility index (Phi) is 6.61. The smallest absolute Gasteiger partial charge is 0.269 e. The predicted octanol–water partition coefficient (Wildman–Crippen LogP) is 2.80. The van der Waals surface area contributed by atoms with Crippen LogP contribution in [0.25, 0.3) is 0 Å². The standard InChI is InChI=1S/C22H24ClN5O2/c23-19-14-24-8-6-17(19)16-27-10-7-21-26-15-20(28(21)12-11-27)22(29)25-9-13-30-18-4-2-1-3-5-18/h1-6,8,14-15H,7,9-13,16H2,(H,25,29). The SMILES string of the molecule is O=C(NCCOc1ccccc1)c1cnc2n1CCN(Cc1ccncc1Cl)CC2. The number of imidazole rings is 1. The topological polar surface area (TPSA) is 72.3 Å². The van der Waals surface area contributed by atoms with Gasteiger partial charge < -0.3 is 14.6 Å². The fraction of sp³-hybridized carbons (Fsp3) is 0.318.